The first kappa shape index (κ1) is 16.9. The number of benzene rings is 2. The second kappa shape index (κ2) is 7.75. The molecule has 0 radical (unpaired) electrons. The highest BCUT2D eigenvalue weighted by atomic mass is 16.5. The lowest BCUT2D eigenvalue weighted by atomic mass is 10.1. The van der Waals surface area contributed by atoms with Gasteiger partial charge in [0.05, 0.1) is 5.39 Å². The summed E-state index contributed by atoms with van der Waals surface area (Å²) in [5.41, 5.74) is 0.908. The Balaban J connectivity index is 1.94. The van der Waals surface area contributed by atoms with Crippen LogP contribution in [-0.4, -0.2) is 15.7 Å². The maximum absolute atomic E-state index is 12.6. The maximum Gasteiger partial charge on any atom is 0.359 e. The van der Waals surface area contributed by atoms with E-state index >= 15 is 0 Å². The molecule has 1 aromatic heterocycles. The van der Waals surface area contributed by atoms with Crippen LogP contribution in [0.2, 0.25) is 0 Å². The fourth-order valence-electron chi connectivity index (χ4n) is 2.64. The van der Waals surface area contributed by atoms with Crippen molar-refractivity contribution in [2.75, 3.05) is 0 Å². The first-order valence-corrected chi connectivity index (χ1v) is 8.41. The number of unbranched alkanes of at least 4 members (excludes halogenated alkanes) is 1. The van der Waals surface area contributed by atoms with E-state index in [-0.39, 0.29) is 17.9 Å². The van der Waals surface area contributed by atoms with Gasteiger partial charge in [-0.1, -0.05) is 61.9 Å². The lowest BCUT2D eigenvalue weighted by Crippen LogP contribution is -2.26. The van der Waals surface area contributed by atoms with Crippen molar-refractivity contribution in [3.8, 4) is 0 Å². The van der Waals surface area contributed by atoms with Gasteiger partial charge >= 0.3 is 5.97 Å². The van der Waals surface area contributed by atoms with E-state index in [0.29, 0.717) is 17.3 Å². The van der Waals surface area contributed by atoms with Gasteiger partial charge in [-0.25, -0.2) is 9.48 Å². The third-order valence-corrected chi connectivity index (χ3v) is 4.00. The number of fused-ring (bicyclic) bond motifs is 1. The fourth-order valence-corrected chi connectivity index (χ4v) is 2.64. The molecule has 128 valence electrons. The number of carbonyl (C=O) groups is 1. The summed E-state index contributed by atoms with van der Waals surface area (Å²) in [7, 11) is 0. The highest BCUT2D eigenvalue weighted by molar-refractivity contribution is 6.02. The smallest absolute Gasteiger partial charge is 0.359 e. The monoisotopic (exact) mass is 336 g/mol. The highest BCUT2D eigenvalue weighted by Gasteiger charge is 2.17. The van der Waals surface area contributed by atoms with E-state index in [1.165, 1.54) is 4.68 Å². The predicted molar refractivity (Wildman–Crippen MR) is 96.5 cm³/mol. The number of hydrogen-bond donors (Lipinski definition) is 0. The van der Waals surface area contributed by atoms with E-state index in [1.807, 2.05) is 37.3 Å². The van der Waals surface area contributed by atoms with Crippen LogP contribution in [0.4, 0.5) is 0 Å². The summed E-state index contributed by atoms with van der Waals surface area (Å²) in [6, 6.07) is 16.5. The number of esters is 1. The molecule has 0 fully saturated rings. The molecule has 0 amide bonds. The van der Waals surface area contributed by atoms with Crippen LogP contribution in [0.5, 0.6) is 0 Å². The molecule has 0 aliphatic heterocycles. The van der Waals surface area contributed by atoms with Crippen LogP contribution in [-0.2, 0) is 17.9 Å². The van der Waals surface area contributed by atoms with Crippen LogP contribution in [0, 0.1) is 0 Å². The second-order valence-corrected chi connectivity index (χ2v) is 5.84. The lowest BCUT2D eigenvalue weighted by molar-refractivity contribution is 0.0465. The van der Waals surface area contributed by atoms with Gasteiger partial charge < -0.3 is 4.74 Å². The molecule has 5 nitrogen and oxygen atoms in total. The van der Waals surface area contributed by atoms with E-state index in [0.717, 1.165) is 18.4 Å². The zero-order valence-electron chi connectivity index (χ0n) is 14.1. The van der Waals surface area contributed by atoms with Crippen LogP contribution < -0.4 is 5.56 Å². The molecule has 25 heavy (non-hydrogen) atoms. The Hall–Kier alpha value is -2.95. The fraction of sp³-hybridized carbons (Fsp3) is 0.250. The Bertz CT molecular complexity index is 933. The predicted octanol–water partition coefficient (Wildman–Crippen LogP) is 3.55. The van der Waals surface area contributed by atoms with Gasteiger partial charge in [-0.15, -0.1) is 0 Å². The zero-order chi connectivity index (χ0) is 17.6. The van der Waals surface area contributed by atoms with Crippen LogP contribution in [0.1, 0.15) is 35.8 Å². The molecule has 2 aromatic carbocycles. The standard InChI is InChI=1S/C20H20N2O3/c1-2-3-13-22-19(23)17-12-8-7-11-16(17)18(21-22)20(24)25-14-15-9-5-4-6-10-15/h4-12H,2-3,13-14H2,1H3. The van der Waals surface area contributed by atoms with E-state index < -0.39 is 5.97 Å². The van der Waals surface area contributed by atoms with Gasteiger partial charge in [0.25, 0.3) is 5.56 Å². The molecular weight excluding hydrogens is 316 g/mol. The van der Waals surface area contributed by atoms with Crippen LogP contribution in [0.25, 0.3) is 10.8 Å². The first-order valence-electron chi connectivity index (χ1n) is 8.41. The van der Waals surface area contributed by atoms with Crippen LogP contribution in [0.15, 0.2) is 59.4 Å². The lowest BCUT2D eigenvalue weighted by Gasteiger charge is -2.10. The number of ether oxygens (including phenoxy) is 1. The van der Waals surface area contributed by atoms with Crippen molar-refractivity contribution in [3.05, 3.63) is 76.2 Å². The molecule has 0 saturated carbocycles. The van der Waals surface area contributed by atoms with Gasteiger partial charge in [-0.3, -0.25) is 4.79 Å². The summed E-state index contributed by atoms with van der Waals surface area (Å²) in [5, 5.41) is 5.29. The first-order chi connectivity index (χ1) is 12.2. The van der Waals surface area contributed by atoms with Crippen molar-refractivity contribution in [1.82, 2.24) is 9.78 Å². The van der Waals surface area contributed by atoms with Crippen molar-refractivity contribution in [2.45, 2.75) is 32.9 Å². The Morgan fingerprint density at radius 3 is 2.44 bits per heavy atom. The van der Waals surface area contributed by atoms with E-state index in [1.54, 1.807) is 24.3 Å². The van der Waals surface area contributed by atoms with E-state index in [4.69, 9.17) is 4.74 Å². The number of rotatable bonds is 6. The molecule has 0 saturated heterocycles. The van der Waals surface area contributed by atoms with Crippen molar-refractivity contribution >= 4 is 16.7 Å². The van der Waals surface area contributed by atoms with Gasteiger partial charge in [-0.2, -0.15) is 5.10 Å². The van der Waals surface area contributed by atoms with Gasteiger partial charge in [-0.05, 0) is 18.1 Å². The topological polar surface area (TPSA) is 61.2 Å². The van der Waals surface area contributed by atoms with Crippen LogP contribution in [0.3, 0.4) is 0 Å². The molecule has 1 heterocycles. The summed E-state index contributed by atoms with van der Waals surface area (Å²) in [4.78, 5) is 25.1. The van der Waals surface area contributed by atoms with Gasteiger partial charge in [0.15, 0.2) is 5.69 Å². The molecule has 3 rings (SSSR count). The molecule has 3 aromatic rings. The summed E-state index contributed by atoms with van der Waals surface area (Å²) in [6.45, 7) is 2.70. The zero-order valence-corrected chi connectivity index (χ0v) is 14.1. The minimum Gasteiger partial charge on any atom is -0.456 e. The molecule has 0 N–H and O–H groups in total. The number of nitrogens with zero attached hydrogens (tertiary/aromatic N) is 2. The summed E-state index contributed by atoms with van der Waals surface area (Å²) < 4.78 is 6.77. The quantitative estimate of drug-likeness (QED) is 0.646. The van der Waals surface area contributed by atoms with Crippen molar-refractivity contribution in [3.63, 3.8) is 0 Å². The summed E-state index contributed by atoms with van der Waals surface area (Å²) in [5.74, 6) is -0.523. The maximum atomic E-state index is 12.6. The molecule has 0 bridgehead atoms. The second-order valence-electron chi connectivity index (χ2n) is 5.84. The van der Waals surface area contributed by atoms with E-state index in [9.17, 15) is 9.59 Å². The van der Waals surface area contributed by atoms with Gasteiger partial charge in [0.1, 0.15) is 6.61 Å². The summed E-state index contributed by atoms with van der Waals surface area (Å²) >= 11 is 0. The molecule has 0 aliphatic rings. The number of hydrogen-bond acceptors (Lipinski definition) is 4. The third-order valence-electron chi connectivity index (χ3n) is 4.00. The third kappa shape index (κ3) is 3.76. The summed E-state index contributed by atoms with van der Waals surface area (Å²) in [6.07, 6.45) is 1.76. The van der Waals surface area contributed by atoms with Crippen LogP contribution >= 0.6 is 0 Å². The average molecular weight is 336 g/mol. The number of aryl methyl sites for hydroxylation is 1. The largest absolute Gasteiger partial charge is 0.456 e. The molecule has 5 heteroatoms. The molecule has 0 aliphatic carbocycles. The SMILES string of the molecule is CCCCn1nc(C(=O)OCc2ccccc2)c2ccccc2c1=O. The van der Waals surface area contributed by atoms with Gasteiger partial charge in [0.2, 0.25) is 0 Å². The molecule has 0 spiro atoms. The molecular formula is C20H20N2O3. The van der Waals surface area contributed by atoms with Crippen molar-refractivity contribution < 1.29 is 9.53 Å². The Labute approximate surface area is 145 Å². The molecule has 0 unspecified atom stereocenters. The highest BCUT2D eigenvalue weighted by Crippen LogP contribution is 2.15. The van der Waals surface area contributed by atoms with Gasteiger partial charge in [0, 0.05) is 11.9 Å². The van der Waals surface area contributed by atoms with Crippen molar-refractivity contribution in [2.24, 2.45) is 0 Å². The Kier molecular flexibility index (Phi) is 5.23. The normalized spacial score (nSPS) is 10.8. The Morgan fingerprint density at radius 2 is 1.72 bits per heavy atom. The number of carbonyl (C=O) groups excluding carboxylic acids is 1. The van der Waals surface area contributed by atoms with E-state index in [2.05, 4.69) is 5.10 Å². The molecule has 0 atom stereocenters. The Morgan fingerprint density at radius 1 is 1.04 bits per heavy atom. The minimum absolute atomic E-state index is 0.170. The minimum atomic E-state index is -0.523. The average Bonchev–Trinajstić information content (AvgIpc) is 2.66. The number of aromatic nitrogens is 2. The van der Waals surface area contributed by atoms with Crippen molar-refractivity contribution in [1.29, 1.82) is 0 Å².